The Bertz CT molecular complexity index is 758. The molecule has 0 bridgehead atoms. The average Bonchev–Trinajstić information content (AvgIpc) is 2.36. The van der Waals surface area contributed by atoms with E-state index in [-0.39, 0.29) is 0 Å². The second-order valence-corrected chi connectivity index (χ2v) is 6.21. The van der Waals surface area contributed by atoms with Crippen molar-refractivity contribution in [3.63, 3.8) is 0 Å². The summed E-state index contributed by atoms with van der Waals surface area (Å²) in [6, 6.07) is 8.52. The van der Waals surface area contributed by atoms with E-state index in [0.717, 1.165) is 17.2 Å². The zero-order valence-electron chi connectivity index (χ0n) is 11.1. The maximum atomic E-state index is 13.6. The summed E-state index contributed by atoms with van der Waals surface area (Å²) < 4.78 is 40.3. The Morgan fingerprint density at radius 1 is 1.10 bits per heavy atom. The van der Waals surface area contributed by atoms with Crippen LogP contribution in [0.5, 0.6) is 0 Å². The number of nitrogen functional groups attached to an aromatic ring is 1. The molecule has 4 nitrogen and oxygen atoms in total. The third-order valence-corrected chi connectivity index (χ3v) is 4.38. The molecular weight excluding hydrogens is 279 g/mol. The second-order valence-electron chi connectivity index (χ2n) is 4.56. The zero-order chi connectivity index (χ0) is 14.9. The molecule has 0 aromatic heterocycles. The zero-order valence-corrected chi connectivity index (χ0v) is 12.0. The van der Waals surface area contributed by atoms with Crippen molar-refractivity contribution in [1.29, 1.82) is 0 Å². The molecule has 0 saturated carbocycles. The van der Waals surface area contributed by atoms with Crippen molar-refractivity contribution < 1.29 is 12.8 Å². The summed E-state index contributed by atoms with van der Waals surface area (Å²) in [4.78, 5) is -0.390. The maximum absolute atomic E-state index is 13.6. The molecule has 0 atom stereocenters. The highest BCUT2D eigenvalue weighted by Gasteiger charge is 2.19. The van der Waals surface area contributed by atoms with Crippen molar-refractivity contribution in [2.24, 2.45) is 0 Å². The molecule has 106 valence electrons. The van der Waals surface area contributed by atoms with Gasteiger partial charge in [-0.1, -0.05) is 18.2 Å². The minimum atomic E-state index is -3.98. The molecule has 6 heteroatoms. The Balaban J connectivity index is 2.44. The number of aryl methyl sites for hydroxylation is 2. The lowest BCUT2D eigenvalue weighted by Crippen LogP contribution is -2.15. The molecular formula is C14H15FN2O2S. The first kappa shape index (κ1) is 14.3. The fourth-order valence-corrected chi connectivity index (χ4v) is 3.04. The van der Waals surface area contributed by atoms with Gasteiger partial charge in [-0.15, -0.1) is 0 Å². The van der Waals surface area contributed by atoms with Crippen LogP contribution in [0.1, 0.15) is 11.1 Å². The smallest absolute Gasteiger partial charge is 0.264 e. The summed E-state index contributed by atoms with van der Waals surface area (Å²) in [6.07, 6.45) is 0. The third-order valence-electron chi connectivity index (χ3n) is 2.98. The molecule has 0 fully saturated rings. The normalized spacial score (nSPS) is 11.3. The number of sulfonamides is 1. The molecule has 0 radical (unpaired) electrons. The van der Waals surface area contributed by atoms with Crippen LogP contribution in [-0.2, 0) is 10.0 Å². The van der Waals surface area contributed by atoms with Crippen LogP contribution < -0.4 is 10.5 Å². The summed E-state index contributed by atoms with van der Waals surface area (Å²) in [6.45, 7) is 3.59. The number of rotatable bonds is 3. The van der Waals surface area contributed by atoms with E-state index in [9.17, 15) is 12.8 Å². The van der Waals surface area contributed by atoms with E-state index in [1.54, 1.807) is 13.0 Å². The van der Waals surface area contributed by atoms with Crippen molar-refractivity contribution in [3.8, 4) is 0 Å². The summed E-state index contributed by atoms with van der Waals surface area (Å²) >= 11 is 0. The predicted molar refractivity (Wildman–Crippen MR) is 77.5 cm³/mol. The Morgan fingerprint density at radius 2 is 1.75 bits per heavy atom. The van der Waals surface area contributed by atoms with Crippen molar-refractivity contribution in [3.05, 3.63) is 53.3 Å². The molecule has 2 rings (SSSR count). The van der Waals surface area contributed by atoms with E-state index in [0.29, 0.717) is 11.4 Å². The van der Waals surface area contributed by atoms with Crippen LogP contribution in [0.4, 0.5) is 15.8 Å². The van der Waals surface area contributed by atoms with Gasteiger partial charge < -0.3 is 5.73 Å². The van der Waals surface area contributed by atoms with Gasteiger partial charge >= 0.3 is 0 Å². The standard InChI is InChI=1S/C14H15FN2O2S/c1-9-7-10(2)13(8-12(9)16)17-20(18,19)14-6-4-3-5-11(14)15/h3-8,17H,16H2,1-2H3. The lowest BCUT2D eigenvalue weighted by Gasteiger charge is -2.13. The van der Waals surface area contributed by atoms with Crippen LogP contribution in [0.3, 0.4) is 0 Å². The van der Waals surface area contributed by atoms with Crippen molar-refractivity contribution >= 4 is 21.4 Å². The molecule has 0 saturated heterocycles. The quantitative estimate of drug-likeness (QED) is 0.855. The summed E-state index contributed by atoms with van der Waals surface area (Å²) in [7, 11) is -3.98. The number of anilines is 2. The number of nitrogens with two attached hydrogens (primary N) is 1. The first-order valence-electron chi connectivity index (χ1n) is 5.95. The highest BCUT2D eigenvalue weighted by Crippen LogP contribution is 2.25. The van der Waals surface area contributed by atoms with Crippen LogP contribution in [0.2, 0.25) is 0 Å². The first-order chi connectivity index (χ1) is 9.31. The van der Waals surface area contributed by atoms with Gasteiger partial charge in [0.2, 0.25) is 0 Å². The van der Waals surface area contributed by atoms with Crippen LogP contribution in [0.15, 0.2) is 41.3 Å². The number of benzene rings is 2. The number of hydrogen-bond donors (Lipinski definition) is 2. The molecule has 0 aliphatic rings. The lowest BCUT2D eigenvalue weighted by molar-refractivity contribution is 0.570. The first-order valence-corrected chi connectivity index (χ1v) is 7.43. The Kier molecular flexibility index (Phi) is 3.67. The van der Waals surface area contributed by atoms with Gasteiger partial charge in [-0.2, -0.15) is 0 Å². The van der Waals surface area contributed by atoms with E-state index in [2.05, 4.69) is 4.72 Å². The van der Waals surface area contributed by atoms with Crippen LogP contribution >= 0.6 is 0 Å². The van der Waals surface area contributed by atoms with Crippen molar-refractivity contribution in [2.75, 3.05) is 10.5 Å². The molecule has 0 amide bonds. The van der Waals surface area contributed by atoms with Crippen molar-refractivity contribution in [1.82, 2.24) is 0 Å². The van der Waals surface area contributed by atoms with Gasteiger partial charge in [0.15, 0.2) is 0 Å². The van der Waals surface area contributed by atoms with Crippen LogP contribution in [-0.4, -0.2) is 8.42 Å². The minimum Gasteiger partial charge on any atom is -0.398 e. The number of halogens is 1. The van der Waals surface area contributed by atoms with Gasteiger partial charge in [0, 0.05) is 5.69 Å². The monoisotopic (exact) mass is 294 g/mol. The third kappa shape index (κ3) is 2.75. The highest BCUT2D eigenvalue weighted by atomic mass is 32.2. The maximum Gasteiger partial charge on any atom is 0.264 e. The van der Waals surface area contributed by atoms with Gasteiger partial charge in [-0.05, 0) is 43.2 Å². The molecule has 0 aliphatic carbocycles. The summed E-state index contributed by atoms with van der Waals surface area (Å²) in [5.41, 5.74) is 8.16. The van der Waals surface area contributed by atoms with Crippen LogP contribution in [0.25, 0.3) is 0 Å². The topological polar surface area (TPSA) is 72.2 Å². The molecule has 0 spiro atoms. The van der Waals surface area contributed by atoms with Gasteiger partial charge in [0.05, 0.1) is 5.69 Å². The van der Waals surface area contributed by atoms with E-state index in [1.807, 2.05) is 6.92 Å². The lowest BCUT2D eigenvalue weighted by atomic mass is 10.1. The largest absolute Gasteiger partial charge is 0.398 e. The number of hydrogen-bond acceptors (Lipinski definition) is 3. The Labute approximate surface area is 117 Å². The molecule has 3 N–H and O–H groups in total. The van der Waals surface area contributed by atoms with Gasteiger partial charge in [0.25, 0.3) is 10.0 Å². The fraction of sp³-hybridized carbons (Fsp3) is 0.143. The molecule has 0 unspecified atom stereocenters. The van der Waals surface area contributed by atoms with Gasteiger partial charge in [-0.3, -0.25) is 4.72 Å². The Morgan fingerprint density at radius 3 is 2.40 bits per heavy atom. The van der Waals surface area contributed by atoms with E-state index in [4.69, 9.17) is 5.73 Å². The summed E-state index contributed by atoms with van der Waals surface area (Å²) in [5, 5.41) is 0. The van der Waals surface area contributed by atoms with E-state index in [1.165, 1.54) is 24.3 Å². The molecule has 2 aromatic rings. The summed E-state index contributed by atoms with van der Waals surface area (Å²) in [5.74, 6) is -0.794. The van der Waals surface area contributed by atoms with Gasteiger partial charge in [0.1, 0.15) is 10.7 Å². The minimum absolute atomic E-state index is 0.344. The average molecular weight is 294 g/mol. The molecule has 0 heterocycles. The second kappa shape index (κ2) is 5.13. The highest BCUT2D eigenvalue weighted by molar-refractivity contribution is 7.92. The fourth-order valence-electron chi connectivity index (χ4n) is 1.84. The predicted octanol–water partition coefficient (Wildman–Crippen LogP) is 2.83. The molecule has 20 heavy (non-hydrogen) atoms. The van der Waals surface area contributed by atoms with Crippen molar-refractivity contribution in [2.45, 2.75) is 18.7 Å². The van der Waals surface area contributed by atoms with Crippen LogP contribution in [0, 0.1) is 19.7 Å². The van der Waals surface area contributed by atoms with E-state index >= 15 is 0 Å². The molecule has 2 aromatic carbocycles. The number of nitrogens with one attached hydrogen (secondary N) is 1. The van der Waals surface area contributed by atoms with E-state index < -0.39 is 20.7 Å². The van der Waals surface area contributed by atoms with Gasteiger partial charge in [-0.25, -0.2) is 12.8 Å². The Hall–Kier alpha value is -2.08. The molecule has 0 aliphatic heterocycles. The SMILES string of the molecule is Cc1cc(C)c(NS(=O)(=O)c2ccccc2F)cc1N.